The maximum atomic E-state index is 3.57. The van der Waals surface area contributed by atoms with Crippen molar-refractivity contribution in [2.24, 2.45) is 0 Å². The number of rotatable bonds is 1. The molecule has 3 aromatic rings. The third-order valence-electron chi connectivity index (χ3n) is 2.71. The van der Waals surface area contributed by atoms with E-state index in [2.05, 4.69) is 75.2 Å². The fourth-order valence-electron chi connectivity index (χ4n) is 1.94. The highest BCUT2D eigenvalue weighted by atomic mass is 79.9. The minimum atomic E-state index is 1.14. The standard InChI is InChI=1S/C14H10BrN/c15-13-7-4-8-14-12(13)9-10-16(14)11-5-2-1-3-6-11/h1-10H. The van der Waals surface area contributed by atoms with Crippen molar-refractivity contribution in [3.05, 3.63) is 65.3 Å². The van der Waals surface area contributed by atoms with E-state index in [4.69, 9.17) is 0 Å². The van der Waals surface area contributed by atoms with Gasteiger partial charge in [0.2, 0.25) is 0 Å². The Morgan fingerprint density at radius 1 is 0.812 bits per heavy atom. The average molecular weight is 272 g/mol. The molecule has 0 saturated carbocycles. The van der Waals surface area contributed by atoms with Crippen molar-refractivity contribution in [3.8, 4) is 5.69 Å². The van der Waals surface area contributed by atoms with Crippen LogP contribution >= 0.6 is 15.9 Å². The van der Waals surface area contributed by atoms with Crippen LogP contribution in [0.2, 0.25) is 0 Å². The molecule has 0 saturated heterocycles. The number of hydrogen-bond acceptors (Lipinski definition) is 0. The fraction of sp³-hybridized carbons (Fsp3) is 0. The van der Waals surface area contributed by atoms with Gasteiger partial charge in [-0.3, -0.25) is 0 Å². The third-order valence-corrected chi connectivity index (χ3v) is 3.41. The van der Waals surface area contributed by atoms with Crippen molar-refractivity contribution in [3.63, 3.8) is 0 Å². The van der Waals surface area contributed by atoms with E-state index in [0.29, 0.717) is 0 Å². The summed E-state index contributed by atoms with van der Waals surface area (Å²) in [5.74, 6) is 0. The highest BCUT2D eigenvalue weighted by Crippen LogP contribution is 2.26. The molecule has 0 amide bonds. The number of halogens is 1. The Kier molecular flexibility index (Phi) is 2.29. The van der Waals surface area contributed by atoms with Crippen molar-refractivity contribution in [2.75, 3.05) is 0 Å². The summed E-state index contributed by atoms with van der Waals surface area (Å²) in [6.45, 7) is 0. The zero-order valence-electron chi connectivity index (χ0n) is 8.60. The first kappa shape index (κ1) is 9.67. The van der Waals surface area contributed by atoms with Gasteiger partial charge in [0.15, 0.2) is 0 Å². The second kappa shape index (κ2) is 3.80. The topological polar surface area (TPSA) is 4.93 Å². The Labute approximate surface area is 102 Å². The van der Waals surface area contributed by atoms with Gasteiger partial charge in [-0.15, -0.1) is 0 Å². The summed E-state index contributed by atoms with van der Waals surface area (Å²) in [4.78, 5) is 0. The molecular formula is C14H10BrN. The van der Waals surface area contributed by atoms with E-state index in [1.807, 2.05) is 6.07 Å². The van der Waals surface area contributed by atoms with E-state index < -0.39 is 0 Å². The van der Waals surface area contributed by atoms with E-state index in [1.165, 1.54) is 16.6 Å². The van der Waals surface area contributed by atoms with E-state index in [0.717, 1.165) is 4.47 Å². The molecule has 1 nitrogen and oxygen atoms in total. The lowest BCUT2D eigenvalue weighted by Crippen LogP contribution is -1.90. The predicted octanol–water partition coefficient (Wildman–Crippen LogP) is 4.39. The van der Waals surface area contributed by atoms with Crippen LogP contribution in [-0.4, -0.2) is 4.57 Å². The first-order valence-corrected chi connectivity index (χ1v) is 5.96. The molecule has 16 heavy (non-hydrogen) atoms. The molecule has 0 unspecified atom stereocenters. The summed E-state index contributed by atoms with van der Waals surface area (Å²) in [5, 5.41) is 1.24. The summed E-state index contributed by atoms with van der Waals surface area (Å²) < 4.78 is 3.33. The number of aromatic nitrogens is 1. The van der Waals surface area contributed by atoms with Crippen molar-refractivity contribution >= 4 is 26.8 Å². The molecule has 0 fully saturated rings. The van der Waals surface area contributed by atoms with Gasteiger partial charge in [-0.2, -0.15) is 0 Å². The number of fused-ring (bicyclic) bond motifs is 1. The van der Waals surface area contributed by atoms with Crippen LogP contribution in [0.25, 0.3) is 16.6 Å². The van der Waals surface area contributed by atoms with Crippen LogP contribution in [0, 0.1) is 0 Å². The molecule has 0 radical (unpaired) electrons. The zero-order valence-corrected chi connectivity index (χ0v) is 10.2. The summed E-state index contributed by atoms with van der Waals surface area (Å²) in [6, 6.07) is 18.8. The number of benzene rings is 2. The molecule has 0 atom stereocenters. The van der Waals surface area contributed by atoms with Gasteiger partial charge in [0, 0.05) is 21.7 Å². The summed E-state index contributed by atoms with van der Waals surface area (Å²) >= 11 is 3.57. The molecule has 0 aliphatic rings. The van der Waals surface area contributed by atoms with Crippen molar-refractivity contribution in [1.82, 2.24) is 4.57 Å². The molecule has 1 heterocycles. The average Bonchev–Trinajstić information content (AvgIpc) is 2.75. The molecule has 0 aliphatic heterocycles. The molecule has 0 spiro atoms. The summed E-state index contributed by atoms with van der Waals surface area (Å²) in [6.07, 6.45) is 2.10. The lowest BCUT2D eigenvalue weighted by atomic mass is 10.2. The minimum Gasteiger partial charge on any atom is -0.317 e. The molecule has 1 aromatic heterocycles. The molecule has 0 bridgehead atoms. The zero-order chi connectivity index (χ0) is 11.0. The second-order valence-electron chi connectivity index (χ2n) is 3.69. The first-order valence-electron chi connectivity index (χ1n) is 5.17. The van der Waals surface area contributed by atoms with E-state index in [-0.39, 0.29) is 0 Å². The van der Waals surface area contributed by atoms with Crippen LogP contribution in [0.3, 0.4) is 0 Å². The van der Waals surface area contributed by atoms with Crippen molar-refractivity contribution in [2.45, 2.75) is 0 Å². The number of hydrogen-bond donors (Lipinski definition) is 0. The molecule has 78 valence electrons. The maximum Gasteiger partial charge on any atom is 0.0539 e. The molecule has 0 N–H and O–H groups in total. The van der Waals surface area contributed by atoms with Gasteiger partial charge >= 0.3 is 0 Å². The van der Waals surface area contributed by atoms with E-state index in [9.17, 15) is 0 Å². The van der Waals surface area contributed by atoms with Gasteiger partial charge in [-0.1, -0.05) is 40.2 Å². The second-order valence-corrected chi connectivity index (χ2v) is 4.55. The van der Waals surface area contributed by atoms with E-state index >= 15 is 0 Å². The van der Waals surface area contributed by atoms with Crippen LogP contribution in [0.1, 0.15) is 0 Å². The van der Waals surface area contributed by atoms with Gasteiger partial charge in [0.05, 0.1) is 5.52 Å². The van der Waals surface area contributed by atoms with Crippen LogP contribution in [0.4, 0.5) is 0 Å². The summed E-state index contributed by atoms with van der Waals surface area (Å²) in [5.41, 5.74) is 2.41. The molecule has 3 rings (SSSR count). The summed E-state index contributed by atoms with van der Waals surface area (Å²) in [7, 11) is 0. The predicted molar refractivity (Wildman–Crippen MR) is 71.0 cm³/mol. The third kappa shape index (κ3) is 1.46. The lowest BCUT2D eigenvalue weighted by Gasteiger charge is -2.04. The first-order chi connectivity index (χ1) is 7.86. The Bertz CT molecular complexity index is 626. The Balaban J connectivity index is 2.30. The SMILES string of the molecule is Brc1cccc2c1ccn2-c1ccccc1. The van der Waals surface area contributed by atoms with E-state index in [1.54, 1.807) is 0 Å². The quantitative estimate of drug-likeness (QED) is 0.619. The number of para-hydroxylation sites is 1. The largest absolute Gasteiger partial charge is 0.317 e. The van der Waals surface area contributed by atoms with Gasteiger partial charge in [0.1, 0.15) is 0 Å². The monoisotopic (exact) mass is 271 g/mol. The number of nitrogens with zero attached hydrogens (tertiary/aromatic N) is 1. The maximum absolute atomic E-state index is 3.57. The van der Waals surface area contributed by atoms with Crippen LogP contribution in [0.15, 0.2) is 65.3 Å². The highest BCUT2D eigenvalue weighted by molar-refractivity contribution is 9.10. The normalized spacial score (nSPS) is 10.8. The molecular weight excluding hydrogens is 262 g/mol. The van der Waals surface area contributed by atoms with Gasteiger partial charge < -0.3 is 4.57 Å². The highest BCUT2D eigenvalue weighted by Gasteiger charge is 2.04. The fourth-order valence-corrected chi connectivity index (χ4v) is 2.43. The van der Waals surface area contributed by atoms with Gasteiger partial charge in [-0.25, -0.2) is 0 Å². The molecule has 0 aliphatic carbocycles. The van der Waals surface area contributed by atoms with Crippen LogP contribution in [0.5, 0.6) is 0 Å². The minimum absolute atomic E-state index is 1.14. The van der Waals surface area contributed by atoms with Crippen molar-refractivity contribution in [1.29, 1.82) is 0 Å². The smallest absolute Gasteiger partial charge is 0.0539 e. The molecule has 2 heteroatoms. The van der Waals surface area contributed by atoms with Crippen molar-refractivity contribution < 1.29 is 0 Å². The van der Waals surface area contributed by atoms with Crippen LogP contribution in [-0.2, 0) is 0 Å². The van der Waals surface area contributed by atoms with Crippen LogP contribution < -0.4 is 0 Å². The Morgan fingerprint density at radius 3 is 2.44 bits per heavy atom. The lowest BCUT2D eigenvalue weighted by molar-refractivity contribution is 1.13. The molecule has 2 aromatic carbocycles. The van der Waals surface area contributed by atoms with Gasteiger partial charge in [0.25, 0.3) is 0 Å². The van der Waals surface area contributed by atoms with Gasteiger partial charge in [-0.05, 0) is 30.3 Å². The Morgan fingerprint density at radius 2 is 1.62 bits per heavy atom. The Hall–Kier alpha value is -1.54.